The summed E-state index contributed by atoms with van der Waals surface area (Å²) in [6.45, 7) is 5.29. The third-order valence-corrected chi connectivity index (χ3v) is 5.53. The van der Waals surface area contributed by atoms with Crippen LogP contribution in [0.2, 0.25) is 0 Å². The summed E-state index contributed by atoms with van der Waals surface area (Å²) >= 11 is 0. The molecule has 4 rings (SSSR count). The first kappa shape index (κ1) is 18.7. The number of aromatic nitrogens is 2. The van der Waals surface area contributed by atoms with Crippen molar-refractivity contribution in [3.63, 3.8) is 0 Å². The standard InChI is InChI=1S/C21H26N4O3/c1-16-4-2-11-23(16)12-3-13-28-19-7-5-17(6-8-19)24-15-18(14-22-24)25-20(26)9-10-21(25)27/h5-8,14-16H,2-4,9-13H2,1H3. The van der Waals surface area contributed by atoms with E-state index in [0.717, 1.165) is 24.4 Å². The summed E-state index contributed by atoms with van der Waals surface area (Å²) in [7, 11) is 0. The van der Waals surface area contributed by atoms with Crippen molar-refractivity contribution in [1.82, 2.24) is 14.7 Å². The van der Waals surface area contributed by atoms with Crippen LogP contribution in [0.25, 0.3) is 5.69 Å². The van der Waals surface area contributed by atoms with Gasteiger partial charge in [0.1, 0.15) is 5.75 Å². The van der Waals surface area contributed by atoms with Gasteiger partial charge in [-0.1, -0.05) is 0 Å². The van der Waals surface area contributed by atoms with Gasteiger partial charge < -0.3 is 9.64 Å². The van der Waals surface area contributed by atoms with Gasteiger partial charge in [0, 0.05) is 25.4 Å². The molecule has 2 saturated heterocycles. The van der Waals surface area contributed by atoms with Crippen molar-refractivity contribution in [2.45, 2.75) is 45.1 Å². The van der Waals surface area contributed by atoms with Gasteiger partial charge in [-0.25, -0.2) is 9.58 Å². The minimum absolute atomic E-state index is 0.170. The summed E-state index contributed by atoms with van der Waals surface area (Å²) in [5, 5.41) is 4.28. The van der Waals surface area contributed by atoms with E-state index in [1.165, 1.54) is 24.3 Å². The van der Waals surface area contributed by atoms with Crippen molar-refractivity contribution in [3.8, 4) is 11.4 Å². The average molecular weight is 382 g/mol. The summed E-state index contributed by atoms with van der Waals surface area (Å²) in [6, 6.07) is 8.37. The van der Waals surface area contributed by atoms with Gasteiger partial charge in [-0.15, -0.1) is 0 Å². The number of nitrogens with zero attached hydrogens (tertiary/aromatic N) is 4. The number of anilines is 1. The lowest BCUT2D eigenvalue weighted by Crippen LogP contribution is -2.28. The number of carbonyl (C=O) groups excluding carboxylic acids is 2. The number of ether oxygens (including phenoxy) is 1. The Labute approximate surface area is 164 Å². The normalized spacial score (nSPS) is 20.3. The highest BCUT2D eigenvalue weighted by Gasteiger charge is 2.31. The van der Waals surface area contributed by atoms with E-state index in [1.807, 2.05) is 24.3 Å². The van der Waals surface area contributed by atoms with E-state index in [1.54, 1.807) is 17.1 Å². The number of amides is 2. The second-order valence-corrected chi connectivity index (χ2v) is 7.49. The fourth-order valence-corrected chi connectivity index (χ4v) is 3.91. The summed E-state index contributed by atoms with van der Waals surface area (Å²) in [5.74, 6) is 0.490. The van der Waals surface area contributed by atoms with Crippen LogP contribution >= 0.6 is 0 Å². The molecule has 148 valence electrons. The molecule has 0 bridgehead atoms. The molecule has 0 aliphatic carbocycles. The second-order valence-electron chi connectivity index (χ2n) is 7.49. The SMILES string of the molecule is CC1CCCN1CCCOc1ccc(-n2cc(N3C(=O)CCC3=O)cn2)cc1. The smallest absolute Gasteiger partial charge is 0.234 e. The number of hydrogen-bond donors (Lipinski definition) is 0. The predicted molar refractivity (Wildman–Crippen MR) is 106 cm³/mol. The highest BCUT2D eigenvalue weighted by atomic mass is 16.5. The molecule has 0 radical (unpaired) electrons. The Hall–Kier alpha value is -2.67. The minimum atomic E-state index is -0.170. The first-order valence-corrected chi connectivity index (χ1v) is 9.99. The molecule has 2 fully saturated rings. The highest BCUT2D eigenvalue weighted by molar-refractivity contribution is 6.19. The van der Waals surface area contributed by atoms with Crippen LogP contribution < -0.4 is 9.64 Å². The molecule has 1 aromatic carbocycles. The van der Waals surface area contributed by atoms with Crippen LogP contribution in [0.1, 0.15) is 39.0 Å². The molecule has 2 aliphatic heterocycles. The van der Waals surface area contributed by atoms with Crippen LogP contribution in [0.15, 0.2) is 36.7 Å². The quantitative estimate of drug-likeness (QED) is 0.544. The lowest BCUT2D eigenvalue weighted by molar-refractivity contribution is -0.121. The molecule has 0 N–H and O–H groups in total. The van der Waals surface area contributed by atoms with Crippen LogP contribution in [0.5, 0.6) is 5.75 Å². The van der Waals surface area contributed by atoms with Crippen molar-refractivity contribution in [1.29, 1.82) is 0 Å². The van der Waals surface area contributed by atoms with E-state index in [2.05, 4.69) is 16.9 Å². The van der Waals surface area contributed by atoms with Gasteiger partial charge in [0.2, 0.25) is 11.8 Å². The van der Waals surface area contributed by atoms with Crippen LogP contribution in [0.3, 0.4) is 0 Å². The average Bonchev–Trinajstić information content (AvgIpc) is 3.41. The molecule has 1 unspecified atom stereocenters. The van der Waals surface area contributed by atoms with E-state index in [0.29, 0.717) is 18.3 Å². The predicted octanol–water partition coefficient (Wildman–Crippen LogP) is 2.78. The monoisotopic (exact) mass is 382 g/mol. The van der Waals surface area contributed by atoms with Crippen LogP contribution in [-0.4, -0.2) is 52.2 Å². The minimum Gasteiger partial charge on any atom is -0.494 e. The fraction of sp³-hybridized carbons (Fsp3) is 0.476. The Morgan fingerprint density at radius 1 is 1.11 bits per heavy atom. The number of likely N-dealkylation sites (tertiary alicyclic amines) is 1. The Morgan fingerprint density at radius 3 is 2.54 bits per heavy atom. The van der Waals surface area contributed by atoms with Gasteiger partial charge in [0.15, 0.2) is 0 Å². The van der Waals surface area contributed by atoms with Crippen molar-refractivity contribution < 1.29 is 14.3 Å². The van der Waals surface area contributed by atoms with E-state index < -0.39 is 0 Å². The molecule has 7 nitrogen and oxygen atoms in total. The Bertz CT molecular complexity index is 830. The third-order valence-electron chi connectivity index (χ3n) is 5.53. The van der Waals surface area contributed by atoms with E-state index in [-0.39, 0.29) is 24.7 Å². The van der Waals surface area contributed by atoms with E-state index >= 15 is 0 Å². The van der Waals surface area contributed by atoms with Crippen molar-refractivity contribution in [2.75, 3.05) is 24.6 Å². The first-order chi connectivity index (χ1) is 13.6. The zero-order chi connectivity index (χ0) is 19.5. The van der Waals surface area contributed by atoms with Gasteiger partial charge in [-0.05, 0) is 57.0 Å². The number of hydrogen-bond acceptors (Lipinski definition) is 5. The molecule has 0 spiro atoms. The molecule has 3 heterocycles. The van der Waals surface area contributed by atoms with Crippen LogP contribution in [-0.2, 0) is 9.59 Å². The summed E-state index contributed by atoms with van der Waals surface area (Å²) < 4.78 is 7.51. The lowest BCUT2D eigenvalue weighted by atomic mass is 10.2. The van der Waals surface area contributed by atoms with Gasteiger partial charge in [-0.2, -0.15) is 5.10 Å². The van der Waals surface area contributed by atoms with Gasteiger partial charge in [0.25, 0.3) is 0 Å². The van der Waals surface area contributed by atoms with Gasteiger partial charge in [-0.3, -0.25) is 9.59 Å². The largest absolute Gasteiger partial charge is 0.494 e. The van der Waals surface area contributed by atoms with Crippen LogP contribution in [0, 0.1) is 0 Å². The number of rotatable bonds is 7. The molecule has 2 aromatic rings. The Balaban J connectivity index is 1.31. The molecule has 28 heavy (non-hydrogen) atoms. The van der Waals surface area contributed by atoms with Crippen molar-refractivity contribution >= 4 is 17.5 Å². The molecule has 2 aliphatic rings. The van der Waals surface area contributed by atoms with E-state index in [9.17, 15) is 9.59 Å². The van der Waals surface area contributed by atoms with Gasteiger partial charge >= 0.3 is 0 Å². The Morgan fingerprint density at radius 2 is 1.86 bits per heavy atom. The number of imide groups is 1. The number of benzene rings is 1. The van der Waals surface area contributed by atoms with Gasteiger partial charge in [0.05, 0.1) is 30.4 Å². The zero-order valence-electron chi connectivity index (χ0n) is 16.2. The highest BCUT2D eigenvalue weighted by Crippen LogP contribution is 2.24. The fourth-order valence-electron chi connectivity index (χ4n) is 3.91. The van der Waals surface area contributed by atoms with Crippen LogP contribution in [0.4, 0.5) is 5.69 Å². The number of carbonyl (C=O) groups is 2. The zero-order valence-corrected chi connectivity index (χ0v) is 16.2. The lowest BCUT2D eigenvalue weighted by Gasteiger charge is -2.20. The van der Waals surface area contributed by atoms with E-state index in [4.69, 9.17) is 4.74 Å². The molecular weight excluding hydrogens is 356 g/mol. The molecule has 1 atom stereocenters. The maximum atomic E-state index is 11.9. The molecule has 1 aromatic heterocycles. The Kier molecular flexibility index (Phi) is 5.43. The maximum absolute atomic E-state index is 11.9. The first-order valence-electron chi connectivity index (χ1n) is 9.99. The summed E-state index contributed by atoms with van der Waals surface area (Å²) in [6.07, 6.45) is 7.42. The molecule has 2 amide bonds. The van der Waals surface area contributed by atoms with Crippen molar-refractivity contribution in [3.05, 3.63) is 36.7 Å². The molecule has 7 heteroatoms. The molecule has 0 saturated carbocycles. The topological polar surface area (TPSA) is 67.7 Å². The third kappa shape index (κ3) is 3.94. The summed E-state index contributed by atoms with van der Waals surface area (Å²) in [4.78, 5) is 27.4. The molecular formula is C21H26N4O3. The second kappa shape index (κ2) is 8.14. The summed E-state index contributed by atoms with van der Waals surface area (Å²) in [5.41, 5.74) is 1.37. The van der Waals surface area contributed by atoms with Crippen molar-refractivity contribution in [2.24, 2.45) is 0 Å². The maximum Gasteiger partial charge on any atom is 0.234 e.